The Labute approximate surface area is 198 Å². The van der Waals surface area contributed by atoms with Gasteiger partial charge in [0.2, 0.25) is 0 Å². The van der Waals surface area contributed by atoms with Gasteiger partial charge in [-0.3, -0.25) is 4.79 Å². The lowest BCUT2D eigenvalue weighted by Gasteiger charge is -2.19. The maximum Gasteiger partial charge on any atom is 0.407 e. The van der Waals surface area contributed by atoms with E-state index in [0.29, 0.717) is 37.5 Å². The Balaban J connectivity index is 1.85. The molecule has 9 heteroatoms. The number of hydrogen-bond acceptors (Lipinski definition) is 6. The van der Waals surface area contributed by atoms with Crippen LogP contribution in [0.3, 0.4) is 0 Å². The van der Waals surface area contributed by atoms with Gasteiger partial charge in [-0.05, 0) is 61.0 Å². The van der Waals surface area contributed by atoms with Gasteiger partial charge in [-0.25, -0.2) is 4.79 Å². The molecule has 0 bridgehead atoms. The minimum absolute atomic E-state index is 0.192. The van der Waals surface area contributed by atoms with Crippen LogP contribution in [-0.4, -0.2) is 32.0 Å². The molecule has 7 nitrogen and oxygen atoms in total. The van der Waals surface area contributed by atoms with Crippen LogP contribution in [0.2, 0.25) is 5.02 Å². The third-order valence-corrected chi connectivity index (χ3v) is 5.17. The lowest BCUT2D eigenvalue weighted by Crippen LogP contribution is -2.34. The van der Waals surface area contributed by atoms with Gasteiger partial charge in [-0.15, -0.1) is 0 Å². The van der Waals surface area contributed by atoms with Gasteiger partial charge in [0, 0.05) is 6.07 Å². The van der Waals surface area contributed by atoms with Crippen LogP contribution in [0, 0.1) is 0 Å². The summed E-state index contributed by atoms with van der Waals surface area (Å²) in [6.07, 6.45) is -0.523. The number of carbonyl (C=O) groups excluding carboxylic acids is 1. The fourth-order valence-electron chi connectivity index (χ4n) is 2.91. The molecular formula is C23H23BrClNO6. The average molecular weight is 525 g/mol. The molecule has 0 spiro atoms. The molecule has 0 saturated heterocycles. The van der Waals surface area contributed by atoms with E-state index in [1.54, 1.807) is 51.1 Å². The van der Waals surface area contributed by atoms with Gasteiger partial charge in [-0.2, -0.15) is 0 Å². The number of halogens is 2. The average Bonchev–Trinajstić information content (AvgIpc) is 2.71. The van der Waals surface area contributed by atoms with E-state index in [2.05, 4.69) is 21.2 Å². The van der Waals surface area contributed by atoms with Crippen molar-refractivity contribution in [2.45, 2.75) is 26.4 Å². The quantitative estimate of drug-likeness (QED) is 0.411. The Hall–Kier alpha value is -2.71. The van der Waals surface area contributed by atoms with Crippen LogP contribution in [0.4, 0.5) is 4.79 Å². The Morgan fingerprint density at radius 1 is 1.19 bits per heavy atom. The number of methoxy groups -OCH3 is 1. The number of rotatable bonds is 6. The summed E-state index contributed by atoms with van der Waals surface area (Å²) >= 11 is 9.68. The molecule has 0 aliphatic rings. The minimum Gasteiger partial charge on any atom is -0.496 e. The van der Waals surface area contributed by atoms with Crippen LogP contribution < -0.4 is 20.2 Å². The van der Waals surface area contributed by atoms with Gasteiger partial charge in [0.15, 0.2) is 11.0 Å². The summed E-state index contributed by atoms with van der Waals surface area (Å²) < 4.78 is 23.0. The topological polar surface area (TPSA) is 87.0 Å². The number of amides is 1. The monoisotopic (exact) mass is 523 g/mol. The highest BCUT2D eigenvalue weighted by Crippen LogP contribution is 2.39. The first-order valence-electron chi connectivity index (χ1n) is 9.79. The molecule has 0 atom stereocenters. The number of benzene rings is 2. The summed E-state index contributed by atoms with van der Waals surface area (Å²) in [5.74, 6) is 1.25. The molecule has 0 radical (unpaired) electrons. The number of fused-ring (bicyclic) bond motifs is 1. The highest BCUT2D eigenvalue weighted by atomic mass is 79.9. The maximum atomic E-state index is 12.6. The predicted octanol–water partition coefficient (Wildman–Crippen LogP) is 5.79. The largest absolute Gasteiger partial charge is 0.496 e. The molecular weight excluding hydrogens is 502 g/mol. The van der Waals surface area contributed by atoms with Crippen LogP contribution in [0.1, 0.15) is 20.8 Å². The van der Waals surface area contributed by atoms with Crippen molar-refractivity contribution in [2.24, 2.45) is 0 Å². The minimum atomic E-state index is -0.578. The standard InChI is InChI=1S/C23H23BrClNO6/c1-23(2,3)32-22(28)26-8-9-30-20-10-14(18(29-4)11-15(20)24)19-12-17(27)13-6-5-7-16(25)21(13)31-19/h5-7,10-12H,8-9H2,1-4H3,(H,26,28). The van der Waals surface area contributed by atoms with E-state index >= 15 is 0 Å². The molecule has 1 N–H and O–H groups in total. The molecule has 3 rings (SSSR count). The summed E-state index contributed by atoms with van der Waals surface area (Å²) in [6.45, 7) is 5.80. The van der Waals surface area contributed by atoms with Gasteiger partial charge >= 0.3 is 6.09 Å². The molecule has 0 aliphatic carbocycles. The SMILES string of the molecule is COc1cc(Br)c(OCCNC(=O)OC(C)(C)C)cc1-c1cc(=O)c2cccc(Cl)c2o1. The number of para-hydroxylation sites is 1. The first-order valence-corrected chi connectivity index (χ1v) is 11.0. The van der Waals surface area contributed by atoms with Crippen molar-refractivity contribution < 1.29 is 23.4 Å². The lowest BCUT2D eigenvalue weighted by atomic mass is 10.1. The van der Waals surface area contributed by atoms with Crippen molar-refractivity contribution in [3.05, 3.63) is 56.1 Å². The lowest BCUT2D eigenvalue weighted by molar-refractivity contribution is 0.0520. The van der Waals surface area contributed by atoms with E-state index in [0.717, 1.165) is 0 Å². The zero-order valence-corrected chi connectivity index (χ0v) is 20.4. The van der Waals surface area contributed by atoms with Gasteiger partial charge in [-0.1, -0.05) is 17.7 Å². The van der Waals surface area contributed by atoms with E-state index < -0.39 is 11.7 Å². The van der Waals surface area contributed by atoms with Gasteiger partial charge in [0.1, 0.15) is 29.5 Å². The summed E-state index contributed by atoms with van der Waals surface area (Å²) in [5, 5.41) is 3.36. The summed E-state index contributed by atoms with van der Waals surface area (Å²) in [4.78, 5) is 24.4. The molecule has 170 valence electrons. The number of carbonyl (C=O) groups is 1. The number of ether oxygens (including phenoxy) is 3. The molecule has 1 aromatic heterocycles. The van der Waals surface area contributed by atoms with Crippen LogP contribution in [0.25, 0.3) is 22.3 Å². The van der Waals surface area contributed by atoms with Gasteiger partial charge < -0.3 is 23.9 Å². The highest BCUT2D eigenvalue weighted by molar-refractivity contribution is 9.10. The molecule has 0 fully saturated rings. The summed E-state index contributed by atoms with van der Waals surface area (Å²) in [5.41, 5.74) is 0.0130. The van der Waals surface area contributed by atoms with E-state index in [1.807, 2.05) is 0 Å². The van der Waals surface area contributed by atoms with Crippen molar-refractivity contribution in [2.75, 3.05) is 20.3 Å². The smallest absolute Gasteiger partial charge is 0.407 e. The normalized spacial score (nSPS) is 11.3. The number of hydrogen-bond donors (Lipinski definition) is 1. The zero-order valence-electron chi connectivity index (χ0n) is 18.1. The zero-order chi connectivity index (χ0) is 23.5. The van der Waals surface area contributed by atoms with Crippen LogP contribution in [-0.2, 0) is 4.74 Å². The van der Waals surface area contributed by atoms with Crippen molar-refractivity contribution >= 4 is 44.6 Å². The third-order valence-electron chi connectivity index (χ3n) is 4.25. The maximum absolute atomic E-state index is 12.6. The van der Waals surface area contributed by atoms with Crippen LogP contribution in [0.15, 0.2) is 50.1 Å². The molecule has 2 aromatic carbocycles. The Kier molecular flexibility index (Phi) is 7.36. The van der Waals surface area contributed by atoms with Crippen molar-refractivity contribution in [1.82, 2.24) is 5.32 Å². The van der Waals surface area contributed by atoms with E-state index in [9.17, 15) is 9.59 Å². The van der Waals surface area contributed by atoms with Crippen molar-refractivity contribution in [3.63, 3.8) is 0 Å². The number of nitrogens with one attached hydrogen (secondary N) is 1. The van der Waals surface area contributed by atoms with E-state index in [1.165, 1.54) is 13.2 Å². The molecule has 3 aromatic rings. The second kappa shape index (κ2) is 9.83. The predicted molar refractivity (Wildman–Crippen MR) is 127 cm³/mol. The number of alkyl carbamates (subject to hydrolysis) is 1. The van der Waals surface area contributed by atoms with Gasteiger partial charge in [0.25, 0.3) is 0 Å². The first kappa shape index (κ1) is 23.9. The molecule has 32 heavy (non-hydrogen) atoms. The first-order chi connectivity index (χ1) is 15.1. The molecule has 0 aliphatic heterocycles. The second-order valence-corrected chi connectivity index (χ2v) is 9.11. The summed E-state index contributed by atoms with van der Waals surface area (Å²) in [7, 11) is 1.52. The molecule has 1 amide bonds. The molecule has 0 saturated carbocycles. The second-order valence-electron chi connectivity index (χ2n) is 7.85. The Morgan fingerprint density at radius 2 is 1.94 bits per heavy atom. The van der Waals surface area contributed by atoms with E-state index in [-0.39, 0.29) is 24.3 Å². The fraction of sp³-hybridized carbons (Fsp3) is 0.304. The fourth-order valence-corrected chi connectivity index (χ4v) is 3.56. The van der Waals surface area contributed by atoms with Crippen LogP contribution in [0.5, 0.6) is 11.5 Å². The third kappa shape index (κ3) is 5.75. The Bertz CT molecular complexity index is 1200. The summed E-state index contributed by atoms with van der Waals surface area (Å²) in [6, 6.07) is 9.79. The molecule has 0 unspecified atom stereocenters. The molecule has 1 heterocycles. The van der Waals surface area contributed by atoms with Gasteiger partial charge in [0.05, 0.1) is 34.1 Å². The Morgan fingerprint density at radius 3 is 2.62 bits per heavy atom. The van der Waals surface area contributed by atoms with Crippen molar-refractivity contribution in [3.8, 4) is 22.8 Å². The van der Waals surface area contributed by atoms with Crippen LogP contribution >= 0.6 is 27.5 Å². The van der Waals surface area contributed by atoms with Crippen molar-refractivity contribution in [1.29, 1.82) is 0 Å². The van der Waals surface area contributed by atoms with E-state index in [4.69, 9.17) is 30.2 Å². The highest BCUT2D eigenvalue weighted by Gasteiger charge is 2.18.